The van der Waals surface area contributed by atoms with Crippen LogP contribution in [0.1, 0.15) is 25.2 Å². The normalized spacial score (nSPS) is 11.1. The Morgan fingerprint density at radius 3 is 2.59 bits per heavy atom. The van der Waals surface area contributed by atoms with Gasteiger partial charge in [0.25, 0.3) is 0 Å². The molecule has 1 N–H and O–H groups in total. The number of nitrogens with one attached hydrogen (secondary N) is 1. The number of rotatable bonds is 4. The average Bonchev–Trinajstić information content (AvgIpc) is 2.75. The molecule has 0 amide bonds. The molecule has 0 aliphatic rings. The van der Waals surface area contributed by atoms with E-state index in [1.54, 1.807) is 4.68 Å². The molecule has 0 aliphatic carbocycles. The first kappa shape index (κ1) is 11.7. The van der Waals surface area contributed by atoms with Crippen molar-refractivity contribution in [2.75, 3.05) is 0 Å². The molecule has 90 valence electrons. The molecule has 5 nitrogen and oxygen atoms in total. The Labute approximate surface area is 101 Å². The molecule has 1 aromatic heterocycles. The highest BCUT2D eigenvalue weighted by Gasteiger charge is 2.07. The van der Waals surface area contributed by atoms with Crippen LogP contribution < -0.4 is 5.32 Å². The fourth-order valence-corrected chi connectivity index (χ4v) is 1.50. The summed E-state index contributed by atoms with van der Waals surface area (Å²) >= 11 is 0. The molecule has 0 unspecified atom stereocenters. The van der Waals surface area contributed by atoms with Crippen LogP contribution in [0.5, 0.6) is 0 Å². The standard InChI is InChI=1S/C12H17N5/c1-9(2)13-8-12-14-15-16-17(12)11-6-4-10(3)5-7-11/h4-7,9,13H,8H2,1-3H3. The lowest BCUT2D eigenvalue weighted by Gasteiger charge is -2.08. The lowest BCUT2D eigenvalue weighted by Crippen LogP contribution is -2.24. The third-order valence-electron chi connectivity index (χ3n) is 2.48. The van der Waals surface area contributed by atoms with Gasteiger partial charge in [-0.1, -0.05) is 31.5 Å². The van der Waals surface area contributed by atoms with Gasteiger partial charge in [-0.25, -0.2) is 0 Å². The van der Waals surface area contributed by atoms with Crippen molar-refractivity contribution in [3.8, 4) is 5.69 Å². The molecule has 0 bridgehead atoms. The molecule has 0 spiro atoms. The van der Waals surface area contributed by atoms with Crippen LogP contribution in [0.3, 0.4) is 0 Å². The molecule has 0 saturated heterocycles. The van der Waals surface area contributed by atoms with Crippen LogP contribution in [0.4, 0.5) is 0 Å². The summed E-state index contributed by atoms with van der Waals surface area (Å²) in [7, 11) is 0. The summed E-state index contributed by atoms with van der Waals surface area (Å²) in [5.41, 5.74) is 2.21. The van der Waals surface area contributed by atoms with Gasteiger partial charge in [0, 0.05) is 6.04 Å². The van der Waals surface area contributed by atoms with Gasteiger partial charge in [-0.15, -0.1) is 5.10 Å². The number of hydrogen-bond acceptors (Lipinski definition) is 4. The van der Waals surface area contributed by atoms with Gasteiger partial charge in [-0.05, 0) is 29.5 Å². The van der Waals surface area contributed by atoms with Gasteiger partial charge in [0.1, 0.15) is 0 Å². The van der Waals surface area contributed by atoms with Crippen molar-refractivity contribution >= 4 is 0 Å². The first-order valence-corrected chi connectivity index (χ1v) is 5.74. The summed E-state index contributed by atoms with van der Waals surface area (Å²) in [6, 6.07) is 8.56. The van der Waals surface area contributed by atoms with E-state index in [-0.39, 0.29) is 0 Å². The maximum atomic E-state index is 4.03. The second-order valence-electron chi connectivity index (χ2n) is 4.38. The van der Waals surface area contributed by atoms with E-state index in [9.17, 15) is 0 Å². The molecule has 2 rings (SSSR count). The number of hydrogen-bond donors (Lipinski definition) is 1. The molecule has 0 radical (unpaired) electrons. The molecule has 1 aromatic carbocycles. The Hall–Kier alpha value is -1.75. The average molecular weight is 231 g/mol. The van der Waals surface area contributed by atoms with Crippen molar-refractivity contribution in [2.45, 2.75) is 33.4 Å². The molecule has 1 heterocycles. The van der Waals surface area contributed by atoms with Crippen molar-refractivity contribution in [3.63, 3.8) is 0 Å². The Balaban J connectivity index is 2.21. The quantitative estimate of drug-likeness (QED) is 0.865. The monoisotopic (exact) mass is 231 g/mol. The molecule has 2 aromatic rings. The highest BCUT2D eigenvalue weighted by atomic mass is 15.5. The smallest absolute Gasteiger partial charge is 0.170 e. The minimum Gasteiger partial charge on any atom is -0.308 e. The molecule has 0 saturated carbocycles. The molecule has 0 atom stereocenters. The van der Waals surface area contributed by atoms with Gasteiger partial charge in [-0.2, -0.15) is 4.68 Å². The SMILES string of the molecule is Cc1ccc(-n2nnnc2CNC(C)C)cc1. The summed E-state index contributed by atoms with van der Waals surface area (Å²) in [6.45, 7) is 6.92. The summed E-state index contributed by atoms with van der Waals surface area (Å²) < 4.78 is 1.76. The van der Waals surface area contributed by atoms with Gasteiger partial charge in [-0.3, -0.25) is 0 Å². The summed E-state index contributed by atoms with van der Waals surface area (Å²) in [5.74, 6) is 0.822. The number of tetrazole rings is 1. The van der Waals surface area contributed by atoms with Crippen LogP contribution >= 0.6 is 0 Å². The minimum absolute atomic E-state index is 0.415. The zero-order valence-corrected chi connectivity index (χ0v) is 10.4. The van der Waals surface area contributed by atoms with Crippen LogP contribution in [-0.2, 0) is 6.54 Å². The zero-order valence-electron chi connectivity index (χ0n) is 10.4. The van der Waals surface area contributed by atoms with Gasteiger partial charge >= 0.3 is 0 Å². The van der Waals surface area contributed by atoms with Crippen LogP contribution in [0.25, 0.3) is 5.69 Å². The van der Waals surface area contributed by atoms with E-state index >= 15 is 0 Å². The van der Waals surface area contributed by atoms with E-state index in [1.165, 1.54) is 5.56 Å². The summed E-state index contributed by atoms with van der Waals surface area (Å²) in [6.07, 6.45) is 0. The van der Waals surface area contributed by atoms with E-state index in [0.29, 0.717) is 12.6 Å². The van der Waals surface area contributed by atoms with Crippen LogP contribution in [0.2, 0.25) is 0 Å². The molecule has 5 heteroatoms. The molecular formula is C12H17N5. The molecule has 0 aliphatic heterocycles. The van der Waals surface area contributed by atoms with Crippen molar-refractivity contribution in [2.24, 2.45) is 0 Å². The first-order valence-electron chi connectivity index (χ1n) is 5.74. The Kier molecular flexibility index (Phi) is 3.49. The van der Waals surface area contributed by atoms with Crippen LogP contribution in [-0.4, -0.2) is 26.2 Å². The van der Waals surface area contributed by atoms with Gasteiger partial charge in [0.2, 0.25) is 0 Å². The third kappa shape index (κ3) is 2.88. The predicted octanol–water partition coefficient (Wildman–Crippen LogP) is 1.47. The minimum atomic E-state index is 0.415. The van der Waals surface area contributed by atoms with Gasteiger partial charge < -0.3 is 5.32 Å². The van der Waals surface area contributed by atoms with Crippen molar-refractivity contribution in [1.82, 2.24) is 25.5 Å². The van der Waals surface area contributed by atoms with Crippen molar-refractivity contribution in [3.05, 3.63) is 35.7 Å². The van der Waals surface area contributed by atoms with E-state index in [0.717, 1.165) is 11.5 Å². The van der Waals surface area contributed by atoms with Crippen LogP contribution in [0.15, 0.2) is 24.3 Å². The maximum absolute atomic E-state index is 4.03. The lowest BCUT2D eigenvalue weighted by molar-refractivity contribution is 0.563. The lowest BCUT2D eigenvalue weighted by atomic mass is 10.2. The predicted molar refractivity (Wildman–Crippen MR) is 65.9 cm³/mol. The number of benzene rings is 1. The second-order valence-corrected chi connectivity index (χ2v) is 4.38. The Morgan fingerprint density at radius 2 is 1.94 bits per heavy atom. The fraction of sp³-hybridized carbons (Fsp3) is 0.417. The Morgan fingerprint density at radius 1 is 1.24 bits per heavy atom. The number of aryl methyl sites for hydroxylation is 1. The molecule has 17 heavy (non-hydrogen) atoms. The van der Waals surface area contributed by atoms with Crippen molar-refractivity contribution < 1.29 is 0 Å². The van der Waals surface area contributed by atoms with E-state index < -0.39 is 0 Å². The topological polar surface area (TPSA) is 55.6 Å². The number of nitrogens with zero attached hydrogens (tertiary/aromatic N) is 4. The highest BCUT2D eigenvalue weighted by Crippen LogP contribution is 2.09. The third-order valence-corrected chi connectivity index (χ3v) is 2.48. The van der Waals surface area contributed by atoms with E-state index in [4.69, 9.17) is 0 Å². The highest BCUT2D eigenvalue weighted by molar-refractivity contribution is 5.33. The van der Waals surface area contributed by atoms with Gasteiger partial charge in [0.05, 0.1) is 12.2 Å². The maximum Gasteiger partial charge on any atom is 0.170 e. The second kappa shape index (κ2) is 5.05. The molecule has 0 fully saturated rings. The number of aromatic nitrogens is 4. The molecular weight excluding hydrogens is 214 g/mol. The summed E-state index contributed by atoms with van der Waals surface area (Å²) in [5, 5.41) is 15.1. The van der Waals surface area contributed by atoms with Gasteiger partial charge in [0.15, 0.2) is 5.82 Å². The largest absolute Gasteiger partial charge is 0.308 e. The van der Waals surface area contributed by atoms with E-state index in [2.05, 4.69) is 53.7 Å². The van der Waals surface area contributed by atoms with Crippen LogP contribution in [0, 0.1) is 6.92 Å². The summed E-state index contributed by atoms with van der Waals surface area (Å²) in [4.78, 5) is 0. The van der Waals surface area contributed by atoms with E-state index in [1.807, 2.05) is 12.1 Å². The van der Waals surface area contributed by atoms with Crippen molar-refractivity contribution in [1.29, 1.82) is 0 Å². The fourth-order valence-electron chi connectivity index (χ4n) is 1.50. The first-order chi connectivity index (χ1) is 8.16. The Bertz CT molecular complexity index is 472. The zero-order chi connectivity index (χ0) is 12.3.